The molecule has 100 valence electrons. The lowest BCUT2D eigenvalue weighted by molar-refractivity contribution is 0.351. The van der Waals surface area contributed by atoms with Crippen molar-refractivity contribution >= 4 is 0 Å². The van der Waals surface area contributed by atoms with Crippen LogP contribution in [-0.2, 0) is 12.8 Å². The van der Waals surface area contributed by atoms with Gasteiger partial charge in [0.15, 0.2) is 5.82 Å². The molecule has 0 aromatic carbocycles. The number of hydrogen-bond donors (Lipinski definition) is 1. The first-order chi connectivity index (χ1) is 9.40. The van der Waals surface area contributed by atoms with Gasteiger partial charge in [-0.05, 0) is 43.5 Å². The molecule has 1 saturated heterocycles. The Hall–Kier alpha value is -1.75. The van der Waals surface area contributed by atoms with Crippen LogP contribution in [0.1, 0.15) is 30.1 Å². The van der Waals surface area contributed by atoms with Crippen LogP contribution in [0.5, 0.6) is 0 Å². The number of nitrogens with zero attached hydrogens (tertiary/aromatic N) is 3. The molecule has 0 bridgehead atoms. The molecule has 1 atom stereocenters. The van der Waals surface area contributed by atoms with Crippen LogP contribution in [0.3, 0.4) is 0 Å². The second-order valence-corrected chi connectivity index (χ2v) is 5.06. The molecular formula is C14H18N4O. The predicted molar refractivity (Wildman–Crippen MR) is 70.6 cm³/mol. The Morgan fingerprint density at radius 3 is 3.21 bits per heavy atom. The third-order valence-electron chi connectivity index (χ3n) is 3.46. The third-order valence-corrected chi connectivity index (χ3v) is 3.46. The van der Waals surface area contributed by atoms with Gasteiger partial charge in [-0.3, -0.25) is 4.98 Å². The Labute approximate surface area is 112 Å². The van der Waals surface area contributed by atoms with E-state index in [4.69, 9.17) is 4.52 Å². The molecule has 0 amide bonds. The van der Waals surface area contributed by atoms with E-state index < -0.39 is 0 Å². The molecule has 1 aliphatic rings. The second-order valence-electron chi connectivity index (χ2n) is 5.06. The van der Waals surface area contributed by atoms with E-state index in [1.165, 1.54) is 12.8 Å². The summed E-state index contributed by atoms with van der Waals surface area (Å²) in [7, 11) is 0. The minimum absolute atomic E-state index is 0.637. The number of hydrogen-bond acceptors (Lipinski definition) is 5. The van der Waals surface area contributed by atoms with E-state index in [-0.39, 0.29) is 0 Å². The Morgan fingerprint density at radius 2 is 2.42 bits per heavy atom. The van der Waals surface area contributed by atoms with Crippen LogP contribution in [0.15, 0.2) is 29.0 Å². The van der Waals surface area contributed by atoms with Crippen molar-refractivity contribution in [3.05, 3.63) is 41.8 Å². The van der Waals surface area contributed by atoms with Gasteiger partial charge < -0.3 is 9.84 Å². The van der Waals surface area contributed by atoms with Crippen LogP contribution in [0.2, 0.25) is 0 Å². The molecule has 2 aromatic rings. The molecule has 1 fully saturated rings. The zero-order valence-corrected chi connectivity index (χ0v) is 10.9. The molecule has 1 aliphatic heterocycles. The molecule has 0 saturated carbocycles. The highest BCUT2D eigenvalue weighted by molar-refractivity contribution is 5.13. The van der Waals surface area contributed by atoms with Gasteiger partial charge in [0.05, 0.1) is 6.42 Å². The Balaban J connectivity index is 1.59. The molecule has 0 radical (unpaired) electrons. The van der Waals surface area contributed by atoms with E-state index in [1.807, 2.05) is 18.3 Å². The maximum Gasteiger partial charge on any atom is 0.231 e. The van der Waals surface area contributed by atoms with Gasteiger partial charge in [0.25, 0.3) is 0 Å². The summed E-state index contributed by atoms with van der Waals surface area (Å²) in [4.78, 5) is 8.55. The van der Waals surface area contributed by atoms with Crippen molar-refractivity contribution in [2.75, 3.05) is 13.1 Å². The lowest BCUT2D eigenvalue weighted by Gasteiger charge is -2.20. The highest BCUT2D eigenvalue weighted by Gasteiger charge is 2.16. The monoisotopic (exact) mass is 258 g/mol. The lowest BCUT2D eigenvalue weighted by atomic mass is 9.96. The summed E-state index contributed by atoms with van der Waals surface area (Å²) >= 11 is 0. The standard InChI is InChI=1S/C14H18N4O/c1-3-11(9-15-5-1)7-13-17-14(19-18-13)8-12-4-2-6-16-10-12/h2,4,6,10-11,15H,1,3,5,7-9H2. The van der Waals surface area contributed by atoms with Gasteiger partial charge in [0, 0.05) is 18.8 Å². The van der Waals surface area contributed by atoms with Crippen molar-refractivity contribution in [2.24, 2.45) is 5.92 Å². The van der Waals surface area contributed by atoms with Crippen LogP contribution < -0.4 is 5.32 Å². The largest absolute Gasteiger partial charge is 0.339 e. The average Bonchev–Trinajstić information content (AvgIpc) is 2.88. The van der Waals surface area contributed by atoms with E-state index >= 15 is 0 Å². The Kier molecular flexibility index (Phi) is 3.83. The van der Waals surface area contributed by atoms with Crippen molar-refractivity contribution in [3.8, 4) is 0 Å². The van der Waals surface area contributed by atoms with Crippen molar-refractivity contribution in [1.29, 1.82) is 0 Å². The summed E-state index contributed by atoms with van der Waals surface area (Å²) < 4.78 is 5.30. The first kappa shape index (κ1) is 12.3. The minimum Gasteiger partial charge on any atom is -0.339 e. The highest BCUT2D eigenvalue weighted by Crippen LogP contribution is 2.15. The van der Waals surface area contributed by atoms with Gasteiger partial charge in [-0.1, -0.05) is 11.2 Å². The summed E-state index contributed by atoms with van der Waals surface area (Å²) in [6, 6.07) is 3.93. The van der Waals surface area contributed by atoms with Crippen LogP contribution in [0.25, 0.3) is 0 Å². The molecule has 3 rings (SSSR count). The van der Waals surface area contributed by atoms with Gasteiger partial charge in [-0.2, -0.15) is 4.98 Å². The van der Waals surface area contributed by atoms with E-state index in [0.29, 0.717) is 18.2 Å². The predicted octanol–water partition coefficient (Wildman–Crippen LogP) is 1.60. The van der Waals surface area contributed by atoms with Gasteiger partial charge in [-0.25, -0.2) is 0 Å². The quantitative estimate of drug-likeness (QED) is 0.902. The molecule has 1 N–H and O–H groups in total. The zero-order chi connectivity index (χ0) is 12.9. The molecular weight excluding hydrogens is 240 g/mol. The summed E-state index contributed by atoms with van der Waals surface area (Å²) in [5.74, 6) is 2.14. The van der Waals surface area contributed by atoms with Crippen LogP contribution in [0.4, 0.5) is 0 Å². The summed E-state index contributed by atoms with van der Waals surface area (Å²) in [5, 5.41) is 7.48. The Morgan fingerprint density at radius 1 is 1.42 bits per heavy atom. The molecule has 5 nitrogen and oxygen atoms in total. The van der Waals surface area contributed by atoms with Crippen LogP contribution >= 0.6 is 0 Å². The van der Waals surface area contributed by atoms with Gasteiger partial charge in [0.1, 0.15) is 0 Å². The summed E-state index contributed by atoms with van der Waals surface area (Å²) in [6.07, 6.45) is 7.64. The molecule has 3 heterocycles. The zero-order valence-electron chi connectivity index (χ0n) is 10.9. The maximum atomic E-state index is 5.30. The van der Waals surface area contributed by atoms with E-state index in [0.717, 1.165) is 30.9 Å². The van der Waals surface area contributed by atoms with Gasteiger partial charge >= 0.3 is 0 Å². The number of aromatic nitrogens is 3. The lowest BCUT2D eigenvalue weighted by Crippen LogP contribution is -2.31. The van der Waals surface area contributed by atoms with Crippen molar-refractivity contribution < 1.29 is 4.52 Å². The normalized spacial score (nSPS) is 19.5. The number of pyridine rings is 1. The number of rotatable bonds is 4. The molecule has 1 unspecified atom stereocenters. The van der Waals surface area contributed by atoms with Crippen LogP contribution in [0, 0.1) is 5.92 Å². The van der Waals surface area contributed by atoms with Crippen molar-refractivity contribution in [3.63, 3.8) is 0 Å². The second kappa shape index (κ2) is 5.93. The van der Waals surface area contributed by atoms with E-state index in [1.54, 1.807) is 6.20 Å². The molecule has 19 heavy (non-hydrogen) atoms. The van der Waals surface area contributed by atoms with Gasteiger partial charge in [-0.15, -0.1) is 0 Å². The highest BCUT2D eigenvalue weighted by atomic mass is 16.5. The average molecular weight is 258 g/mol. The molecule has 2 aromatic heterocycles. The van der Waals surface area contributed by atoms with Gasteiger partial charge in [0.2, 0.25) is 5.89 Å². The topological polar surface area (TPSA) is 63.8 Å². The smallest absolute Gasteiger partial charge is 0.231 e. The minimum atomic E-state index is 0.637. The SMILES string of the molecule is c1cncc(Cc2nc(CC3CCCNC3)no2)c1. The molecule has 0 spiro atoms. The maximum absolute atomic E-state index is 5.30. The third kappa shape index (κ3) is 3.38. The van der Waals surface area contributed by atoms with Crippen LogP contribution in [-0.4, -0.2) is 28.2 Å². The fourth-order valence-corrected chi connectivity index (χ4v) is 2.48. The van der Waals surface area contributed by atoms with E-state index in [2.05, 4.69) is 20.4 Å². The van der Waals surface area contributed by atoms with Crippen molar-refractivity contribution in [1.82, 2.24) is 20.4 Å². The molecule has 5 heteroatoms. The number of piperidine rings is 1. The Bertz CT molecular complexity index is 505. The molecule has 0 aliphatic carbocycles. The fourth-order valence-electron chi connectivity index (χ4n) is 2.48. The first-order valence-electron chi connectivity index (χ1n) is 6.81. The summed E-state index contributed by atoms with van der Waals surface area (Å²) in [5.41, 5.74) is 1.09. The summed E-state index contributed by atoms with van der Waals surface area (Å²) in [6.45, 7) is 2.20. The fraction of sp³-hybridized carbons (Fsp3) is 0.500. The van der Waals surface area contributed by atoms with Crippen molar-refractivity contribution in [2.45, 2.75) is 25.7 Å². The first-order valence-corrected chi connectivity index (χ1v) is 6.81. The number of nitrogens with one attached hydrogen (secondary N) is 1. The van der Waals surface area contributed by atoms with E-state index in [9.17, 15) is 0 Å².